The minimum Gasteiger partial charge on any atom is -0.390 e. The van der Waals surface area contributed by atoms with E-state index >= 15 is 0 Å². The first-order valence-electron chi connectivity index (χ1n) is 7.10. The normalized spacial score (nSPS) is 22.9. The second-order valence-electron chi connectivity index (χ2n) is 6.51. The fourth-order valence-corrected chi connectivity index (χ4v) is 2.95. The molecule has 3 nitrogen and oxygen atoms in total. The Labute approximate surface area is 116 Å². The number of aliphatic hydroxyl groups excluding tert-OH is 1. The maximum absolute atomic E-state index is 10.6. The summed E-state index contributed by atoms with van der Waals surface area (Å²) in [6, 6.07) is 3.92. The summed E-state index contributed by atoms with van der Waals surface area (Å²) >= 11 is 0. The van der Waals surface area contributed by atoms with Crippen molar-refractivity contribution in [3.05, 3.63) is 30.1 Å². The summed E-state index contributed by atoms with van der Waals surface area (Å²) in [6.45, 7) is 4.59. The Morgan fingerprint density at radius 1 is 1.21 bits per heavy atom. The van der Waals surface area contributed by atoms with Gasteiger partial charge in [-0.15, -0.1) is 0 Å². The Morgan fingerprint density at radius 3 is 2.32 bits per heavy atom. The molecule has 0 radical (unpaired) electrons. The maximum Gasteiger partial charge on any atom is 0.0940 e. The Bertz CT molecular complexity index is 392. The number of nitrogens with zero attached hydrogens (tertiary/aromatic N) is 1. The summed E-state index contributed by atoms with van der Waals surface area (Å²) < 4.78 is 5.74. The lowest BCUT2D eigenvalue weighted by molar-refractivity contribution is -0.135. The predicted molar refractivity (Wildman–Crippen MR) is 75.9 cm³/mol. The fraction of sp³-hybridized carbons (Fsp3) is 0.688. The molecule has 106 valence electrons. The highest BCUT2D eigenvalue weighted by Crippen LogP contribution is 2.43. The third-order valence-electron chi connectivity index (χ3n) is 4.64. The van der Waals surface area contributed by atoms with E-state index in [2.05, 4.69) is 18.8 Å². The SMILES string of the molecule is COC1(C(O)Cc2ccncc2)CCC(C)(C)CC1. The van der Waals surface area contributed by atoms with Crippen LogP contribution in [0.5, 0.6) is 0 Å². The first-order chi connectivity index (χ1) is 8.97. The first kappa shape index (κ1) is 14.5. The fourth-order valence-electron chi connectivity index (χ4n) is 2.95. The molecule has 1 fully saturated rings. The molecule has 1 heterocycles. The van der Waals surface area contributed by atoms with Crippen LogP contribution in [0.1, 0.15) is 45.1 Å². The molecular formula is C16H25NO2. The Balaban J connectivity index is 2.05. The van der Waals surface area contributed by atoms with Crippen molar-refractivity contribution >= 4 is 0 Å². The van der Waals surface area contributed by atoms with E-state index in [1.165, 1.54) is 0 Å². The quantitative estimate of drug-likeness (QED) is 0.908. The zero-order chi connectivity index (χ0) is 13.9. The van der Waals surface area contributed by atoms with Crippen molar-refractivity contribution in [1.29, 1.82) is 0 Å². The summed E-state index contributed by atoms with van der Waals surface area (Å²) in [7, 11) is 1.73. The molecule has 1 aromatic heterocycles. The molecule has 3 heteroatoms. The second kappa shape index (κ2) is 5.59. The van der Waals surface area contributed by atoms with E-state index in [0.717, 1.165) is 31.2 Å². The number of hydrogen-bond donors (Lipinski definition) is 1. The summed E-state index contributed by atoms with van der Waals surface area (Å²) in [5.41, 5.74) is 1.11. The van der Waals surface area contributed by atoms with Gasteiger partial charge in [-0.2, -0.15) is 0 Å². The van der Waals surface area contributed by atoms with Gasteiger partial charge in [0.2, 0.25) is 0 Å². The molecule has 0 aromatic carbocycles. The second-order valence-corrected chi connectivity index (χ2v) is 6.51. The first-order valence-corrected chi connectivity index (χ1v) is 7.10. The maximum atomic E-state index is 10.6. The molecular weight excluding hydrogens is 238 g/mol. The van der Waals surface area contributed by atoms with Crippen molar-refractivity contribution in [2.75, 3.05) is 7.11 Å². The van der Waals surface area contributed by atoms with Gasteiger partial charge in [0.05, 0.1) is 11.7 Å². The Hall–Kier alpha value is -0.930. The lowest BCUT2D eigenvalue weighted by Crippen LogP contribution is -2.49. The van der Waals surface area contributed by atoms with Crippen LogP contribution >= 0.6 is 0 Å². The molecule has 1 N–H and O–H groups in total. The van der Waals surface area contributed by atoms with Gasteiger partial charge in [-0.1, -0.05) is 13.8 Å². The van der Waals surface area contributed by atoms with Crippen LogP contribution in [0.15, 0.2) is 24.5 Å². The molecule has 1 aliphatic carbocycles. The zero-order valence-corrected chi connectivity index (χ0v) is 12.2. The summed E-state index contributed by atoms with van der Waals surface area (Å²) in [6.07, 6.45) is 7.80. The average Bonchev–Trinajstić information content (AvgIpc) is 2.40. The van der Waals surface area contributed by atoms with Crippen LogP contribution in [0.2, 0.25) is 0 Å². The highest BCUT2D eigenvalue weighted by atomic mass is 16.5. The van der Waals surface area contributed by atoms with Crippen LogP contribution in [-0.4, -0.2) is 28.9 Å². The number of aromatic nitrogens is 1. The van der Waals surface area contributed by atoms with Crippen molar-refractivity contribution in [3.8, 4) is 0 Å². The number of methoxy groups -OCH3 is 1. The van der Waals surface area contributed by atoms with Gasteiger partial charge in [-0.05, 0) is 48.8 Å². The van der Waals surface area contributed by atoms with Gasteiger partial charge >= 0.3 is 0 Å². The number of hydrogen-bond acceptors (Lipinski definition) is 3. The van der Waals surface area contributed by atoms with E-state index in [0.29, 0.717) is 11.8 Å². The van der Waals surface area contributed by atoms with Crippen LogP contribution < -0.4 is 0 Å². The molecule has 0 spiro atoms. The van der Waals surface area contributed by atoms with E-state index in [1.807, 2.05) is 12.1 Å². The molecule has 1 aliphatic rings. The Morgan fingerprint density at radius 2 is 1.79 bits per heavy atom. The minimum absolute atomic E-state index is 0.373. The lowest BCUT2D eigenvalue weighted by atomic mass is 9.68. The third kappa shape index (κ3) is 3.34. The van der Waals surface area contributed by atoms with Crippen LogP contribution in [0.3, 0.4) is 0 Å². The number of rotatable bonds is 4. The third-order valence-corrected chi connectivity index (χ3v) is 4.64. The molecule has 1 unspecified atom stereocenters. The smallest absolute Gasteiger partial charge is 0.0940 e. The highest BCUT2D eigenvalue weighted by molar-refractivity contribution is 5.13. The van der Waals surface area contributed by atoms with Gasteiger partial charge in [0.1, 0.15) is 0 Å². The van der Waals surface area contributed by atoms with Gasteiger partial charge in [0.25, 0.3) is 0 Å². The highest BCUT2D eigenvalue weighted by Gasteiger charge is 2.43. The van der Waals surface area contributed by atoms with Crippen LogP contribution in [0.25, 0.3) is 0 Å². The van der Waals surface area contributed by atoms with Gasteiger partial charge in [0.15, 0.2) is 0 Å². The number of aliphatic hydroxyl groups is 1. The van der Waals surface area contributed by atoms with E-state index in [9.17, 15) is 5.11 Å². The predicted octanol–water partition coefficient (Wildman–Crippen LogP) is 2.97. The largest absolute Gasteiger partial charge is 0.390 e. The monoisotopic (exact) mass is 263 g/mol. The summed E-state index contributed by atoms with van der Waals surface area (Å²) in [5, 5.41) is 10.6. The van der Waals surface area contributed by atoms with Crippen LogP contribution in [-0.2, 0) is 11.2 Å². The van der Waals surface area contributed by atoms with Gasteiger partial charge in [-0.25, -0.2) is 0 Å². The standard InChI is InChI=1S/C16H25NO2/c1-15(2)6-8-16(19-3,9-7-15)14(18)12-13-4-10-17-11-5-13/h4-5,10-11,14,18H,6-9,12H2,1-3H3. The summed E-state index contributed by atoms with van der Waals surface area (Å²) in [4.78, 5) is 4.01. The molecule has 2 rings (SSSR count). The number of ether oxygens (including phenoxy) is 1. The molecule has 0 amide bonds. The van der Waals surface area contributed by atoms with Crippen molar-refractivity contribution < 1.29 is 9.84 Å². The van der Waals surface area contributed by atoms with E-state index < -0.39 is 6.10 Å². The summed E-state index contributed by atoms with van der Waals surface area (Å²) in [5.74, 6) is 0. The lowest BCUT2D eigenvalue weighted by Gasteiger charge is -2.45. The molecule has 1 atom stereocenters. The van der Waals surface area contributed by atoms with Gasteiger partial charge < -0.3 is 9.84 Å². The van der Waals surface area contributed by atoms with Gasteiger partial charge in [-0.3, -0.25) is 4.98 Å². The molecule has 1 aromatic rings. The van der Waals surface area contributed by atoms with Crippen LogP contribution in [0.4, 0.5) is 0 Å². The van der Waals surface area contributed by atoms with Crippen molar-refractivity contribution in [2.45, 2.75) is 57.7 Å². The van der Waals surface area contributed by atoms with E-state index in [-0.39, 0.29) is 5.60 Å². The molecule has 0 aliphatic heterocycles. The molecule has 0 saturated heterocycles. The number of pyridine rings is 1. The van der Waals surface area contributed by atoms with Crippen molar-refractivity contribution in [2.24, 2.45) is 5.41 Å². The average molecular weight is 263 g/mol. The Kier molecular flexibility index (Phi) is 4.26. The van der Waals surface area contributed by atoms with Crippen LogP contribution in [0, 0.1) is 5.41 Å². The topological polar surface area (TPSA) is 42.4 Å². The zero-order valence-electron chi connectivity index (χ0n) is 12.2. The molecule has 1 saturated carbocycles. The minimum atomic E-state index is -0.448. The van der Waals surface area contributed by atoms with Crippen molar-refractivity contribution in [3.63, 3.8) is 0 Å². The van der Waals surface area contributed by atoms with Gasteiger partial charge in [0, 0.05) is 25.9 Å². The van der Waals surface area contributed by atoms with E-state index in [4.69, 9.17) is 4.74 Å². The molecule has 19 heavy (non-hydrogen) atoms. The van der Waals surface area contributed by atoms with E-state index in [1.54, 1.807) is 19.5 Å². The van der Waals surface area contributed by atoms with Crippen molar-refractivity contribution in [1.82, 2.24) is 4.98 Å². The molecule has 0 bridgehead atoms.